The lowest BCUT2D eigenvalue weighted by molar-refractivity contribution is 0.0698. The van der Waals surface area contributed by atoms with Crippen LogP contribution in [0.5, 0.6) is 0 Å². The first-order chi connectivity index (χ1) is 9.78. The van der Waals surface area contributed by atoms with Gasteiger partial charge in [-0.05, 0) is 6.92 Å². The van der Waals surface area contributed by atoms with Crippen molar-refractivity contribution in [2.75, 3.05) is 17.3 Å². The molecule has 21 heavy (non-hydrogen) atoms. The molecule has 1 heterocycles. The number of aromatic carboxylic acids is 1. The second-order valence-electron chi connectivity index (χ2n) is 5.01. The quantitative estimate of drug-likeness (QED) is 0.874. The summed E-state index contributed by atoms with van der Waals surface area (Å²) in [6.07, 6.45) is 2.45. The number of aromatic nitrogens is 1. The van der Waals surface area contributed by atoms with Crippen LogP contribution in [0.2, 0.25) is 0 Å². The number of hydrogen-bond donors (Lipinski definition) is 2. The minimum absolute atomic E-state index is 0.0241. The van der Waals surface area contributed by atoms with Crippen LogP contribution in [0.4, 0.5) is 5.82 Å². The lowest BCUT2D eigenvalue weighted by Crippen LogP contribution is -2.25. The van der Waals surface area contributed by atoms with Gasteiger partial charge < -0.3 is 10.4 Å². The molecule has 0 aliphatic carbocycles. The van der Waals surface area contributed by atoms with E-state index in [4.69, 9.17) is 5.11 Å². The second-order valence-corrected chi connectivity index (χ2v) is 7.19. The number of pyridine rings is 1. The first-order valence-electron chi connectivity index (χ1n) is 6.33. The van der Waals surface area contributed by atoms with Crippen LogP contribution < -0.4 is 5.32 Å². The van der Waals surface area contributed by atoms with Gasteiger partial charge in [0, 0.05) is 29.3 Å². The fourth-order valence-electron chi connectivity index (χ4n) is 2.21. The van der Waals surface area contributed by atoms with E-state index in [0.29, 0.717) is 16.6 Å². The van der Waals surface area contributed by atoms with Gasteiger partial charge >= 0.3 is 5.97 Å². The van der Waals surface area contributed by atoms with Crippen LogP contribution in [0.1, 0.15) is 17.3 Å². The predicted octanol–water partition coefficient (Wildman–Crippen LogP) is 1.78. The van der Waals surface area contributed by atoms with Crippen LogP contribution in [0.15, 0.2) is 30.5 Å². The largest absolute Gasteiger partial charge is 0.478 e. The number of benzene rings is 1. The molecule has 112 valence electrons. The Balaban J connectivity index is 2.42. The minimum atomic E-state index is -3.10. The predicted molar refractivity (Wildman–Crippen MR) is 81.5 cm³/mol. The van der Waals surface area contributed by atoms with E-state index in [1.807, 2.05) is 0 Å². The molecule has 1 atom stereocenters. The van der Waals surface area contributed by atoms with Crippen LogP contribution in [0, 0.1) is 0 Å². The number of fused-ring (bicyclic) bond motifs is 1. The maximum Gasteiger partial charge on any atom is 0.337 e. The van der Waals surface area contributed by atoms with Crippen molar-refractivity contribution in [3.63, 3.8) is 0 Å². The van der Waals surface area contributed by atoms with Crippen molar-refractivity contribution >= 4 is 32.4 Å². The highest BCUT2D eigenvalue weighted by molar-refractivity contribution is 7.90. The molecule has 1 aromatic carbocycles. The molecular formula is C14H16N2O4S. The summed E-state index contributed by atoms with van der Waals surface area (Å²) in [5.41, 5.74) is 0.118. The zero-order valence-corrected chi connectivity index (χ0v) is 12.5. The maximum absolute atomic E-state index is 11.3. The van der Waals surface area contributed by atoms with Crippen molar-refractivity contribution in [2.45, 2.75) is 13.0 Å². The van der Waals surface area contributed by atoms with Gasteiger partial charge in [0.15, 0.2) is 0 Å². The molecule has 0 bridgehead atoms. The van der Waals surface area contributed by atoms with Crippen LogP contribution in [-0.2, 0) is 9.84 Å². The molecule has 6 nitrogen and oxygen atoms in total. The molecule has 1 aromatic heterocycles. The van der Waals surface area contributed by atoms with Crippen LogP contribution in [-0.4, -0.2) is 42.5 Å². The number of nitrogens with zero attached hydrogens (tertiary/aromatic N) is 1. The molecule has 0 saturated carbocycles. The van der Waals surface area contributed by atoms with E-state index in [-0.39, 0.29) is 17.4 Å². The van der Waals surface area contributed by atoms with Gasteiger partial charge in [-0.25, -0.2) is 18.2 Å². The number of hydrogen-bond acceptors (Lipinski definition) is 5. The van der Waals surface area contributed by atoms with Gasteiger partial charge in [0.05, 0.1) is 11.3 Å². The van der Waals surface area contributed by atoms with Gasteiger partial charge in [-0.2, -0.15) is 0 Å². The molecule has 0 fully saturated rings. The summed E-state index contributed by atoms with van der Waals surface area (Å²) in [5, 5.41) is 13.4. The number of sulfone groups is 1. The average Bonchev–Trinajstić information content (AvgIpc) is 2.36. The van der Waals surface area contributed by atoms with Crippen LogP contribution in [0.3, 0.4) is 0 Å². The topological polar surface area (TPSA) is 96.4 Å². The van der Waals surface area contributed by atoms with E-state index in [2.05, 4.69) is 10.3 Å². The molecule has 7 heteroatoms. The van der Waals surface area contributed by atoms with Crippen LogP contribution >= 0.6 is 0 Å². The zero-order valence-electron chi connectivity index (χ0n) is 11.7. The normalized spacial score (nSPS) is 13.0. The van der Waals surface area contributed by atoms with E-state index in [0.717, 1.165) is 0 Å². The number of carboxylic acid groups (broad SMARTS) is 1. The van der Waals surface area contributed by atoms with Crippen molar-refractivity contribution in [1.82, 2.24) is 4.98 Å². The fourth-order valence-corrected chi connectivity index (χ4v) is 3.20. The zero-order chi connectivity index (χ0) is 15.6. The van der Waals surface area contributed by atoms with E-state index in [9.17, 15) is 13.2 Å². The van der Waals surface area contributed by atoms with Gasteiger partial charge in [-0.15, -0.1) is 0 Å². The summed E-state index contributed by atoms with van der Waals surface area (Å²) in [5.74, 6) is -0.592. The highest BCUT2D eigenvalue weighted by Gasteiger charge is 2.15. The molecule has 1 unspecified atom stereocenters. The van der Waals surface area contributed by atoms with E-state index >= 15 is 0 Å². The Morgan fingerprint density at radius 1 is 1.33 bits per heavy atom. The van der Waals surface area contributed by atoms with Gasteiger partial charge in [0.25, 0.3) is 0 Å². The van der Waals surface area contributed by atoms with Gasteiger partial charge in [0.2, 0.25) is 0 Å². The van der Waals surface area contributed by atoms with Crippen molar-refractivity contribution in [3.8, 4) is 0 Å². The van der Waals surface area contributed by atoms with Gasteiger partial charge in [0.1, 0.15) is 15.7 Å². The minimum Gasteiger partial charge on any atom is -0.478 e. The first-order valence-corrected chi connectivity index (χ1v) is 8.39. The van der Waals surface area contributed by atoms with E-state index < -0.39 is 15.8 Å². The lowest BCUT2D eigenvalue weighted by Gasteiger charge is -2.15. The number of carbonyl (C=O) groups is 1. The third-order valence-electron chi connectivity index (χ3n) is 2.96. The Morgan fingerprint density at radius 3 is 2.52 bits per heavy atom. The van der Waals surface area contributed by atoms with E-state index in [1.165, 1.54) is 12.5 Å². The molecule has 2 N–H and O–H groups in total. The smallest absolute Gasteiger partial charge is 0.337 e. The number of rotatable bonds is 5. The van der Waals surface area contributed by atoms with Gasteiger partial charge in [-0.3, -0.25) is 0 Å². The third-order valence-corrected chi connectivity index (χ3v) is 4.07. The Labute approximate surface area is 122 Å². The van der Waals surface area contributed by atoms with Crippen molar-refractivity contribution in [2.24, 2.45) is 0 Å². The molecule has 2 rings (SSSR count). The summed E-state index contributed by atoms with van der Waals surface area (Å²) in [6, 6.07) is 6.66. The molecule has 0 amide bonds. The summed E-state index contributed by atoms with van der Waals surface area (Å²) >= 11 is 0. The number of carboxylic acids is 1. The summed E-state index contributed by atoms with van der Waals surface area (Å²) in [4.78, 5) is 15.3. The highest BCUT2D eigenvalue weighted by atomic mass is 32.2. The highest BCUT2D eigenvalue weighted by Crippen LogP contribution is 2.25. The summed E-state index contributed by atoms with van der Waals surface area (Å²) in [7, 11) is -3.10. The Hall–Kier alpha value is -2.15. The number of nitrogens with one attached hydrogen (secondary N) is 1. The molecule has 0 aliphatic rings. The number of anilines is 1. The standard InChI is InChI=1S/C14H16N2O4S/c1-9(8-21(2,19)20)16-13-11-6-4-3-5-10(11)12(7-15-13)14(17)18/h3-7,9H,8H2,1-2H3,(H,15,16)(H,17,18). The SMILES string of the molecule is CC(CS(C)(=O)=O)Nc1ncc(C(=O)O)c2ccccc12. The van der Waals surface area contributed by atoms with E-state index in [1.54, 1.807) is 31.2 Å². The Kier molecular flexibility index (Phi) is 4.13. The first kappa shape index (κ1) is 15.2. The Morgan fingerprint density at radius 2 is 1.95 bits per heavy atom. The third kappa shape index (κ3) is 3.69. The molecule has 0 radical (unpaired) electrons. The Bertz CT molecular complexity index is 787. The molecule has 0 saturated heterocycles. The summed E-state index contributed by atoms with van der Waals surface area (Å²) in [6.45, 7) is 1.74. The van der Waals surface area contributed by atoms with Crippen molar-refractivity contribution in [3.05, 3.63) is 36.0 Å². The molecular weight excluding hydrogens is 292 g/mol. The van der Waals surface area contributed by atoms with Gasteiger partial charge in [-0.1, -0.05) is 24.3 Å². The van der Waals surface area contributed by atoms with Crippen LogP contribution in [0.25, 0.3) is 10.8 Å². The summed E-state index contributed by atoms with van der Waals surface area (Å²) < 4.78 is 22.6. The second kappa shape index (κ2) is 5.69. The maximum atomic E-state index is 11.3. The van der Waals surface area contributed by atoms with Crippen molar-refractivity contribution < 1.29 is 18.3 Å². The lowest BCUT2D eigenvalue weighted by atomic mass is 10.1. The van der Waals surface area contributed by atoms with Crippen molar-refractivity contribution in [1.29, 1.82) is 0 Å². The molecule has 0 aliphatic heterocycles. The fraction of sp³-hybridized carbons (Fsp3) is 0.286. The molecule has 0 spiro atoms. The molecule has 2 aromatic rings. The monoisotopic (exact) mass is 308 g/mol. The average molecular weight is 308 g/mol.